The van der Waals surface area contributed by atoms with Crippen molar-refractivity contribution in [3.8, 4) is 0 Å². The number of nitrogens with two attached hydrogens (primary N) is 1. The van der Waals surface area contributed by atoms with Gasteiger partial charge in [0, 0.05) is 5.41 Å². The molecule has 144 valence electrons. The van der Waals surface area contributed by atoms with Gasteiger partial charge in [-0.25, -0.2) is 0 Å². The summed E-state index contributed by atoms with van der Waals surface area (Å²) in [4.78, 5) is 0. The van der Waals surface area contributed by atoms with Crippen LogP contribution in [0.25, 0.3) is 0 Å². The monoisotopic (exact) mass is 350 g/mol. The van der Waals surface area contributed by atoms with E-state index in [0.717, 1.165) is 43.2 Å². The van der Waals surface area contributed by atoms with E-state index >= 15 is 0 Å². The fourth-order valence-electron chi connectivity index (χ4n) is 8.17. The molecule has 4 saturated carbocycles. The number of rotatable bonds is 4. The lowest BCUT2D eigenvalue weighted by Crippen LogP contribution is -2.90. The van der Waals surface area contributed by atoms with Crippen LogP contribution in [-0.4, -0.2) is 35.5 Å². The summed E-state index contributed by atoms with van der Waals surface area (Å²) < 4.78 is 0. The van der Waals surface area contributed by atoms with Gasteiger partial charge >= 0.3 is 0 Å². The Balaban J connectivity index is 1.55. The summed E-state index contributed by atoms with van der Waals surface area (Å²) in [7, 11) is 0. The number of hydrogen-bond acceptors (Lipinski definition) is 2. The molecule has 4 fully saturated rings. The Morgan fingerprint density at radius 2 is 1.72 bits per heavy atom. The SMILES string of the molecule is C[C@@]12CCCC[C@H]1CC[C@H]1[C@H]3CC[C@](O)(C[NH2+]CCO)[C@]3(C)CC[C@@H]12. The minimum atomic E-state index is -0.526. The molecule has 4 N–H and O–H groups in total. The molecular weight excluding hydrogens is 310 g/mol. The van der Waals surface area contributed by atoms with Gasteiger partial charge in [0.2, 0.25) is 0 Å². The molecule has 0 aromatic heterocycles. The molecule has 3 nitrogen and oxygen atoms in total. The van der Waals surface area contributed by atoms with Gasteiger partial charge in [-0.15, -0.1) is 0 Å². The average Bonchev–Trinajstić information content (AvgIpc) is 2.86. The highest BCUT2D eigenvalue weighted by Crippen LogP contribution is 2.67. The third kappa shape index (κ3) is 2.63. The van der Waals surface area contributed by atoms with Crippen LogP contribution in [0.3, 0.4) is 0 Å². The molecule has 25 heavy (non-hydrogen) atoms. The predicted molar refractivity (Wildman–Crippen MR) is 100 cm³/mol. The van der Waals surface area contributed by atoms with E-state index in [2.05, 4.69) is 19.2 Å². The van der Waals surface area contributed by atoms with Crippen LogP contribution >= 0.6 is 0 Å². The molecule has 4 rings (SSSR count). The van der Waals surface area contributed by atoms with Crippen molar-refractivity contribution < 1.29 is 15.5 Å². The summed E-state index contributed by atoms with van der Waals surface area (Å²) in [6.45, 7) is 6.74. The Kier molecular flexibility index (Phi) is 4.74. The fourth-order valence-corrected chi connectivity index (χ4v) is 8.17. The maximum absolute atomic E-state index is 11.5. The molecule has 3 heteroatoms. The lowest BCUT2D eigenvalue weighted by atomic mass is 9.44. The number of aliphatic hydroxyl groups is 2. The Hall–Kier alpha value is -0.120. The van der Waals surface area contributed by atoms with Crippen LogP contribution in [0.5, 0.6) is 0 Å². The summed E-state index contributed by atoms with van der Waals surface area (Å²) in [6.07, 6.45) is 13.4. The van der Waals surface area contributed by atoms with Crippen LogP contribution in [0.4, 0.5) is 0 Å². The first-order chi connectivity index (χ1) is 11.9. The van der Waals surface area contributed by atoms with Crippen LogP contribution in [0, 0.1) is 34.5 Å². The average molecular weight is 351 g/mol. The minimum absolute atomic E-state index is 0.0952. The van der Waals surface area contributed by atoms with Crippen molar-refractivity contribution in [2.75, 3.05) is 19.7 Å². The summed E-state index contributed by atoms with van der Waals surface area (Å²) in [5.74, 6) is 3.46. The largest absolute Gasteiger partial charge is 0.391 e. The van der Waals surface area contributed by atoms with E-state index in [0.29, 0.717) is 5.41 Å². The van der Waals surface area contributed by atoms with Gasteiger partial charge in [0.25, 0.3) is 0 Å². The molecule has 7 atom stereocenters. The Morgan fingerprint density at radius 3 is 2.52 bits per heavy atom. The maximum atomic E-state index is 11.5. The van der Waals surface area contributed by atoms with Gasteiger partial charge in [0.1, 0.15) is 12.1 Å². The third-order valence-electron chi connectivity index (χ3n) is 9.72. The van der Waals surface area contributed by atoms with Gasteiger partial charge in [0.15, 0.2) is 0 Å². The second kappa shape index (κ2) is 6.49. The third-order valence-corrected chi connectivity index (χ3v) is 9.72. The van der Waals surface area contributed by atoms with E-state index in [1.165, 1.54) is 57.8 Å². The van der Waals surface area contributed by atoms with Gasteiger partial charge in [-0.3, -0.25) is 0 Å². The van der Waals surface area contributed by atoms with Crippen LogP contribution in [-0.2, 0) is 0 Å². The van der Waals surface area contributed by atoms with Gasteiger partial charge in [-0.05, 0) is 80.5 Å². The number of quaternary nitrogens is 1. The van der Waals surface area contributed by atoms with Crippen LogP contribution in [0.1, 0.15) is 78.1 Å². The Bertz CT molecular complexity index is 496. The van der Waals surface area contributed by atoms with Gasteiger partial charge in [0.05, 0.1) is 13.2 Å². The van der Waals surface area contributed by atoms with Crippen molar-refractivity contribution in [3.63, 3.8) is 0 Å². The molecular formula is C22H40NO2+. The maximum Gasteiger partial charge on any atom is 0.119 e. The Labute approximate surface area is 154 Å². The zero-order valence-electron chi connectivity index (χ0n) is 16.5. The Morgan fingerprint density at radius 1 is 0.920 bits per heavy atom. The summed E-state index contributed by atoms with van der Waals surface area (Å²) in [6, 6.07) is 0. The molecule has 0 aliphatic heterocycles. The summed E-state index contributed by atoms with van der Waals surface area (Å²) in [5.41, 5.74) is 0.159. The van der Waals surface area contributed by atoms with E-state index < -0.39 is 5.60 Å². The smallest absolute Gasteiger partial charge is 0.119 e. The zero-order chi connectivity index (χ0) is 17.7. The number of aliphatic hydroxyl groups excluding tert-OH is 1. The predicted octanol–water partition coefficient (Wildman–Crippen LogP) is 2.71. The molecule has 0 heterocycles. The second-order valence-corrected chi connectivity index (χ2v) is 10.4. The summed E-state index contributed by atoms with van der Waals surface area (Å²) >= 11 is 0. The van der Waals surface area contributed by atoms with Crippen molar-refractivity contribution in [1.29, 1.82) is 0 Å². The number of fused-ring (bicyclic) bond motifs is 5. The lowest BCUT2D eigenvalue weighted by Gasteiger charge is -2.61. The fraction of sp³-hybridized carbons (Fsp3) is 1.00. The highest BCUT2D eigenvalue weighted by Gasteiger charge is 2.64. The number of hydrogen-bond donors (Lipinski definition) is 3. The van der Waals surface area contributed by atoms with E-state index in [1.807, 2.05) is 0 Å². The van der Waals surface area contributed by atoms with Crippen molar-refractivity contribution in [1.82, 2.24) is 0 Å². The molecule has 0 aromatic carbocycles. The molecule has 0 bridgehead atoms. The van der Waals surface area contributed by atoms with Gasteiger partial charge < -0.3 is 15.5 Å². The molecule has 0 unspecified atom stereocenters. The van der Waals surface area contributed by atoms with Crippen molar-refractivity contribution in [2.24, 2.45) is 34.5 Å². The van der Waals surface area contributed by atoms with E-state index in [-0.39, 0.29) is 12.0 Å². The molecule has 0 saturated heterocycles. The standard InChI is InChI=1S/C22H39NO2/c1-20-10-4-3-5-16(20)6-7-17-18(20)8-11-21(2)19(17)9-12-22(21,25)15-23-13-14-24/h16-19,23-25H,3-15H2,1-2H3/p+1/t16-,17+,18-,19+,20+,21+,22-/m0/s1. The van der Waals surface area contributed by atoms with Gasteiger partial charge in [-0.1, -0.05) is 26.7 Å². The van der Waals surface area contributed by atoms with Crippen LogP contribution < -0.4 is 5.32 Å². The zero-order valence-corrected chi connectivity index (χ0v) is 16.5. The lowest BCUT2D eigenvalue weighted by molar-refractivity contribution is -0.671. The second-order valence-electron chi connectivity index (χ2n) is 10.4. The van der Waals surface area contributed by atoms with E-state index in [4.69, 9.17) is 5.11 Å². The quantitative estimate of drug-likeness (QED) is 0.683. The molecule has 0 aromatic rings. The van der Waals surface area contributed by atoms with Crippen molar-refractivity contribution in [3.05, 3.63) is 0 Å². The first-order valence-electron chi connectivity index (χ1n) is 11.1. The molecule has 4 aliphatic rings. The topological polar surface area (TPSA) is 57.1 Å². The first-order valence-corrected chi connectivity index (χ1v) is 11.1. The molecule has 0 radical (unpaired) electrons. The summed E-state index contributed by atoms with van der Waals surface area (Å²) in [5, 5.41) is 22.8. The highest BCUT2D eigenvalue weighted by atomic mass is 16.3. The van der Waals surface area contributed by atoms with E-state index in [1.54, 1.807) is 0 Å². The molecule has 0 amide bonds. The molecule has 0 spiro atoms. The first kappa shape index (κ1) is 18.3. The van der Waals surface area contributed by atoms with Crippen LogP contribution in [0.15, 0.2) is 0 Å². The van der Waals surface area contributed by atoms with Crippen molar-refractivity contribution in [2.45, 2.75) is 83.7 Å². The van der Waals surface area contributed by atoms with Crippen molar-refractivity contribution >= 4 is 0 Å². The normalized spacial score (nSPS) is 52.3. The minimum Gasteiger partial charge on any atom is -0.391 e. The molecule has 4 aliphatic carbocycles. The highest BCUT2D eigenvalue weighted by molar-refractivity contribution is 5.13. The van der Waals surface area contributed by atoms with E-state index in [9.17, 15) is 5.11 Å². The van der Waals surface area contributed by atoms with Crippen LogP contribution in [0.2, 0.25) is 0 Å². The van der Waals surface area contributed by atoms with Gasteiger partial charge in [-0.2, -0.15) is 0 Å².